The highest BCUT2D eigenvalue weighted by molar-refractivity contribution is 6.06. The van der Waals surface area contributed by atoms with Crippen molar-refractivity contribution >= 4 is 27.9 Å². The number of hydrogen-bond acceptors (Lipinski definition) is 5. The van der Waals surface area contributed by atoms with Gasteiger partial charge in [-0.05, 0) is 18.2 Å². The molecule has 21 heavy (non-hydrogen) atoms. The predicted molar refractivity (Wildman–Crippen MR) is 77.9 cm³/mol. The van der Waals surface area contributed by atoms with Gasteiger partial charge in [0.05, 0.1) is 30.6 Å². The molecule has 1 aromatic heterocycles. The van der Waals surface area contributed by atoms with Gasteiger partial charge in [0.15, 0.2) is 0 Å². The van der Waals surface area contributed by atoms with Crippen LogP contribution in [0.25, 0.3) is 21.9 Å². The number of methoxy groups -OCH3 is 2. The van der Waals surface area contributed by atoms with Crippen LogP contribution in [0.15, 0.2) is 45.6 Å². The molecule has 2 aromatic carbocycles. The Bertz CT molecular complexity index is 908. The van der Waals surface area contributed by atoms with E-state index in [2.05, 4.69) is 0 Å². The van der Waals surface area contributed by atoms with E-state index < -0.39 is 5.97 Å². The largest absolute Gasteiger partial charge is 0.497 e. The van der Waals surface area contributed by atoms with Crippen LogP contribution >= 0.6 is 0 Å². The van der Waals surface area contributed by atoms with Gasteiger partial charge in [0, 0.05) is 6.07 Å². The summed E-state index contributed by atoms with van der Waals surface area (Å²) in [5, 5.41) is 0.613. The molecule has 5 nitrogen and oxygen atoms in total. The van der Waals surface area contributed by atoms with Gasteiger partial charge in [-0.1, -0.05) is 12.1 Å². The summed E-state index contributed by atoms with van der Waals surface area (Å²) in [6, 6.07) is 9.93. The summed E-state index contributed by atoms with van der Waals surface area (Å²) < 4.78 is 15.6. The highest BCUT2D eigenvalue weighted by atomic mass is 16.5. The molecule has 0 fully saturated rings. The van der Waals surface area contributed by atoms with Gasteiger partial charge in [0.25, 0.3) is 0 Å². The Balaban J connectivity index is 2.52. The first-order valence-electron chi connectivity index (χ1n) is 6.27. The van der Waals surface area contributed by atoms with Crippen LogP contribution in [0.2, 0.25) is 0 Å². The van der Waals surface area contributed by atoms with E-state index >= 15 is 0 Å². The van der Waals surface area contributed by atoms with E-state index in [-0.39, 0.29) is 16.4 Å². The molecule has 0 saturated carbocycles. The van der Waals surface area contributed by atoms with Crippen molar-refractivity contribution in [2.75, 3.05) is 14.2 Å². The number of para-hydroxylation sites is 1. The van der Waals surface area contributed by atoms with Gasteiger partial charge >= 0.3 is 5.97 Å². The number of benzene rings is 2. The second-order valence-corrected chi connectivity index (χ2v) is 4.47. The van der Waals surface area contributed by atoms with Gasteiger partial charge in [-0.15, -0.1) is 0 Å². The summed E-state index contributed by atoms with van der Waals surface area (Å²) in [5.41, 5.74) is 0.610. The maximum absolute atomic E-state index is 12.6. The fraction of sp³-hybridized carbons (Fsp3) is 0.125. The SMILES string of the molecule is COC(=O)c1cc(OC)cc2oc3ccccc3c(=O)c12. The first-order chi connectivity index (χ1) is 10.2. The van der Waals surface area contributed by atoms with Gasteiger partial charge in [-0.25, -0.2) is 4.79 Å². The molecular formula is C16H12O5. The molecule has 0 spiro atoms. The van der Waals surface area contributed by atoms with Gasteiger partial charge < -0.3 is 13.9 Å². The second-order valence-electron chi connectivity index (χ2n) is 4.47. The van der Waals surface area contributed by atoms with Crippen molar-refractivity contribution in [3.8, 4) is 5.75 Å². The molecule has 0 unspecified atom stereocenters. The molecule has 106 valence electrons. The van der Waals surface area contributed by atoms with Crippen LogP contribution in [0.3, 0.4) is 0 Å². The second kappa shape index (κ2) is 4.94. The minimum Gasteiger partial charge on any atom is -0.497 e. The highest BCUT2D eigenvalue weighted by Gasteiger charge is 2.18. The Morgan fingerprint density at radius 2 is 1.86 bits per heavy atom. The third kappa shape index (κ3) is 2.03. The van der Waals surface area contributed by atoms with E-state index in [0.29, 0.717) is 22.3 Å². The third-order valence-corrected chi connectivity index (χ3v) is 3.30. The van der Waals surface area contributed by atoms with Crippen molar-refractivity contribution in [1.82, 2.24) is 0 Å². The lowest BCUT2D eigenvalue weighted by Crippen LogP contribution is -2.10. The average molecular weight is 284 g/mol. The van der Waals surface area contributed by atoms with Crippen LogP contribution in [-0.2, 0) is 4.74 Å². The zero-order chi connectivity index (χ0) is 15.0. The lowest BCUT2D eigenvalue weighted by molar-refractivity contribution is 0.0602. The molecular weight excluding hydrogens is 272 g/mol. The smallest absolute Gasteiger partial charge is 0.338 e. The molecule has 0 aliphatic carbocycles. The van der Waals surface area contributed by atoms with Crippen LogP contribution in [0.4, 0.5) is 0 Å². The number of ether oxygens (including phenoxy) is 2. The highest BCUT2D eigenvalue weighted by Crippen LogP contribution is 2.26. The zero-order valence-corrected chi connectivity index (χ0v) is 11.5. The molecule has 0 saturated heterocycles. The summed E-state index contributed by atoms with van der Waals surface area (Å²) in [4.78, 5) is 24.5. The fourth-order valence-corrected chi connectivity index (χ4v) is 2.29. The zero-order valence-electron chi connectivity index (χ0n) is 11.5. The average Bonchev–Trinajstić information content (AvgIpc) is 2.53. The van der Waals surface area contributed by atoms with Gasteiger partial charge in [0.1, 0.15) is 16.9 Å². The molecule has 3 rings (SSSR count). The maximum Gasteiger partial charge on any atom is 0.338 e. The van der Waals surface area contributed by atoms with Gasteiger partial charge in [0.2, 0.25) is 5.43 Å². The predicted octanol–water partition coefficient (Wildman–Crippen LogP) is 2.74. The van der Waals surface area contributed by atoms with Crippen LogP contribution in [0.5, 0.6) is 5.75 Å². The van der Waals surface area contributed by atoms with Crippen LogP contribution in [0, 0.1) is 0 Å². The van der Waals surface area contributed by atoms with Crippen molar-refractivity contribution in [3.05, 3.63) is 52.2 Å². The first kappa shape index (κ1) is 13.2. The summed E-state index contributed by atoms with van der Waals surface area (Å²) >= 11 is 0. The number of carbonyl (C=O) groups excluding carboxylic acids is 1. The van der Waals surface area contributed by atoms with Crippen molar-refractivity contribution in [2.45, 2.75) is 0 Å². The summed E-state index contributed by atoms with van der Waals surface area (Å²) in [7, 11) is 2.73. The van der Waals surface area contributed by atoms with Crippen LogP contribution in [-0.4, -0.2) is 20.2 Å². The Morgan fingerprint density at radius 1 is 1.10 bits per heavy atom. The number of fused-ring (bicyclic) bond motifs is 2. The summed E-state index contributed by atoms with van der Waals surface area (Å²) in [6.07, 6.45) is 0. The number of hydrogen-bond donors (Lipinski definition) is 0. The monoisotopic (exact) mass is 284 g/mol. The topological polar surface area (TPSA) is 65.7 Å². The quantitative estimate of drug-likeness (QED) is 0.534. The lowest BCUT2D eigenvalue weighted by atomic mass is 10.1. The van der Waals surface area contributed by atoms with E-state index in [1.807, 2.05) is 0 Å². The Labute approximate surface area is 119 Å². The van der Waals surface area contributed by atoms with Crippen molar-refractivity contribution in [1.29, 1.82) is 0 Å². The van der Waals surface area contributed by atoms with E-state index in [4.69, 9.17) is 13.9 Å². The number of esters is 1. The maximum atomic E-state index is 12.6. The fourth-order valence-electron chi connectivity index (χ4n) is 2.29. The molecule has 0 bridgehead atoms. The third-order valence-electron chi connectivity index (χ3n) is 3.30. The molecule has 0 atom stereocenters. The van der Waals surface area contributed by atoms with E-state index in [1.54, 1.807) is 30.3 Å². The minimum absolute atomic E-state index is 0.131. The van der Waals surface area contributed by atoms with Crippen molar-refractivity contribution < 1.29 is 18.7 Å². The number of rotatable bonds is 2. The molecule has 0 radical (unpaired) electrons. The van der Waals surface area contributed by atoms with E-state index in [1.165, 1.54) is 20.3 Å². The lowest BCUT2D eigenvalue weighted by Gasteiger charge is -2.08. The van der Waals surface area contributed by atoms with Crippen LogP contribution in [0.1, 0.15) is 10.4 Å². The minimum atomic E-state index is -0.610. The number of carbonyl (C=O) groups is 1. The van der Waals surface area contributed by atoms with Crippen molar-refractivity contribution in [2.24, 2.45) is 0 Å². The van der Waals surface area contributed by atoms with E-state index in [9.17, 15) is 9.59 Å². The molecule has 0 N–H and O–H groups in total. The molecule has 5 heteroatoms. The van der Waals surface area contributed by atoms with E-state index in [0.717, 1.165) is 0 Å². The Morgan fingerprint density at radius 3 is 2.57 bits per heavy atom. The van der Waals surface area contributed by atoms with Crippen molar-refractivity contribution in [3.63, 3.8) is 0 Å². The molecule has 3 aromatic rings. The molecule has 0 amide bonds. The van der Waals surface area contributed by atoms with Crippen LogP contribution < -0.4 is 10.2 Å². The molecule has 0 aliphatic heterocycles. The standard InChI is InChI=1S/C16H12O5/c1-19-9-7-11(16(18)20-2)14-13(8-9)21-12-6-4-3-5-10(12)15(14)17/h3-8H,1-2H3. The molecule has 1 heterocycles. The Hall–Kier alpha value is -2.82. The van der Waals surface area contributed by atoms with Gasteiger partial charge in [-0.3, -0.25) is 4.79 Å². The summed E-state index contributed by atoms with van der Waals surface area (Å²) in [6.45, 7) is 0. The van der Waals surface area contributed by atoms with Gasteiger partial charge in [-0.2, -0.15) is 0 Å². The Kier molecular flexibility index (Phi) is 3.10. The summed E-state index contributed by atoms with van der Waals surface area (Å²) in [5.74, 6) is -0.192. The first-order valence-corrected chi connectivity index (χ1v) is 6.27. The normalized spacial score (nSPS) is 10.8. The molecule has 0 aliphatic rings.